The third-order valence-electron chi connectivity index (χ3n) is 7.37. The molecule has 3 fully saturated rings. The third kappa shape index (κ3) is 4.41. The molecule has 0 saturated heterocycles. The Morgan fingerprint density at radius 2 is 1.39 bits per heavy atom. The molecule has 3 saturated carbocycles. The summed E-state index contributed by atoms with van der Waals surface area (Å²) < 4.78 is 26.2. The minimum Gasteiger partial charge on any atom is -0.352 e. The number of benzene rings is 2. The van der Waals surface area contributed by atoms with Gasteiger partial charge in [-0.3, -0.25) is 9.59 Å². The Balaban J connectivity index is 1.14. The van der Waals surface area contributed by atoms with E-state index in [1.54, 1.807) is 12.1 Å². The molecule has 3 unspecified atom stereocenters. The summed E-state index contributed by atoms with van der Waals surface area (Å²) in [6, 6.07) is 13.1. The van der Waals surface area contributed by atoms with E-state index in [1.807, 2.05) is 12.1 Å². The lowest BCUT2D eigenvalue weighted by Gasteiger charge is -2.18. The molecule has 6 atom stereocenters. The van der Waals surface area contributed by atoms with Crippen LogP contribution >= 0.6 is 0 Å². The quantitative estimate of drug-likeness (QED) is 0.672. The number of Topliss-reactive ketones (excluding diaryl/α,β-unsaturated/α-hetero) is 1. The van der Waals surface area contributed by atoms with E-state index in [-0.39, 0.29) is 47.1 Å². The van der Waals surface area contributed by atoms with E-state index < -0.39 is 0 Å². The van der Waals surface area contributed by atoms with Gasteiger partial charge in [-0.2, -0.15) is 0 Å². The molecule has 1 N–H and O–H groups in total. The van der Waals surface area contributed by atoms with Gasteiger partial charge in [0, 0.05) is 30.2 Å². The van der Waals surface area contributed by atoms with Crippen LogP contribution in [0.25, 0.3) is 0 Å². The molecule has 5 rings (SSSR count). The predicted octanol–water partition coefficient (Wildman–Crippen LogP) is 5.12. The largest absolute Gasteiger partial charge is 0.352 e. The molecular formula is C26H27F2NO2. The van der Waals surface area contributed by atoms with Crippen LogP contribution in [0.15, 0.2) is 48.5 Å². The maximum atomic E-state index is 13.1. The number of halogens is 2. The number of nitrogens with one attached hydrogen (secondary N) is 1. The van der Waals surface area contributed by atoms with Crippen molar-refractivity contribution in [2.75, 3.05) is 0 Å². The lowest BCUT2D eigenvalue weighted by Crippen LogP contribution is -2.37. The first-order valence-electron chi connectivity index (χ1n) is 11.3. The molecule has 0 spiro atoms. The topological polar surface area (TPSA) is 46.2 Å². The Kier molecular flexibility index (Phi) is 5.37. The molecule has 3 nitrogen and oxygen atoms in total. The average Bonchev–Trinajstić information content (AvgIpc) is 3.64. The summed E-state index contributed by atoms with van der Waals surface area (Å²) in [6.45, 7) is 0. The first-order chi connectivity index (χ1) is 15.0. The fraction of sp³-hybridized carbons (Fsp3) is 0.462. The second kappa shape index (κ2) is 8.18. The van der Waals surface area contributed by atoms with Gasteiger partial charge in [-0.15, -0.1) is 0 Å². The Morgan fingerprint density at radius 1 is 0.806 bits per heavy atom. The van der Waals surface area contributed by atoms with Gasteiger partial charge in [0.2, 0.25) is 5.91 Å². The molecule has 3 aliphatic rings. The van der Waals surface area contributed by atoms with Crippen LogP contribution in [-0.4, -0.2) is 17.7 Å². The normalized spacial score (nSPS) is 31.3. The van der Waals surface area contributed by atoms with E-state index in [4.69, 9.17) is 0 Å². The lowest BCUT2D eigenvalue weighted by atomic mass is 9.88. The van der Waals surface area contributed by atoms with E-state index in [1.165, 1.54) is 24.3 Å². The maximum Gasteiger partial charge on any atom is 0.224 e. The molecule has 0 radical (unpaired) electrons. The molecule has 0 bridgehead atoms. The molecule has 0 heterocycles. The first-order valence-corrected chi connectivity index (χ1v) is 11.3. The zero-order valence-electron chi connectivity index (χ0n) is 17.4. The van der Waals surface area contributed by atoms with E-state index in [9.17, 15) is 18.4 Å². The van der Waals surface area contributed by atoms with Crippen molar-refractivity contribution in [1.82, 2.24) is 5.32 Å². The van der Waals surface area contributed by atoms with Crippen LogP contribution in [-0.2, 0) is 9.59 Å². The van der Waals surface area contributed by atoms with Crippen LogP contribution in [0.5, 0.6) is 0 Å². The van der Waals surface area contributed by atoms with E-state index in [0.29, 0.717) is 18.3 Å². The minimum absolute atomic E-state index is 0.00339. The van der Waals surface area contributed by atoms with E-state index in [0.717, 1.165) is 43.2 Å². The number of carbonyl (C=O) groups is 2. The molecule has 0 aliphatic heterocycles. The summed E-state index contributed by atoms with van der Waals surface area (Å²) in [5, 5.41) is 3.13. The highest BCUT2D eigenvalue weighted by molar-refractivity contribution is 5.90. The highest BCUT2D eigenvalue weighted by Gasteiger charge is 2.46. The van der Waals surface area contributed by atoms with Gasteiger partial charge < -0.3 is 5.32 Å². The third-order valence-corrected chi connectivity index (χ3v) is 7.37. The van der Waals surface area contributed by atoms with Crippen molar-refractivity contribution in [3.63, 3.8) is 0 Å². The molecule has 1 amide bonds. The Bertz CT molecular complexity index is 892. The van der Waals surface area contributed by atoms with E-state index >= 15 is 0 Å². The predicted molar refractivity (Wildman–Crippen MR) is 113 cm³/mol. The van der Waals surface area contributed by atoms with Gasteiger partial charge in [0.1, 0.15) is 17.4 Å². The lowest BCUT2D eigenvalue weighted by molar-refractivity contribution is -0.132. The van der Waals surface area contributed by atoms with Crippen molar-refractivity contribution in [3.05, 3.63) is 71.3 Å². The summed E-state index contributed by atoms with van der Waals surface area (Å²) >= 11 is 0. The smallest absolute Gasteiger partial charge is 0.224 e. The summed E-state index contributed by atoms with van der Waals surface area (Å²) in [5.41, 5.74) is 2.15. The number of rotatable bonds is 7. The standard InChI is InChI=1S/C26H27F2NO2/c27-18-8-4-15(5-9-18)22-12-17(22)13-25(30)20-2-1-3-21(20)26(31)29-24-14-23(24)16-6-10-19(28)11-7-16/h4-11,17,20-24H,1-3,12-14H2,(H,29,31)/t17?,20-,21-,22?,23-,24?/m1/s1. The number of hydrogen-bond donors (Lipinski definition) is 1. The monoisotopic (exact) mass is 423 g/mol. The fourth-order valence-corrected chi connectivity index (χ4v) is 5.38. The molecule has 0 aromatic heterocycles. The Hall–Kier alpha value is -2.56. The van der Waals surface area contributed by atoms with Crippen LogP contribution < -0.4 is 5.32 Å². The van der Waals surface area contributed by atoms with Gasteiger partial charge in [-0.25, -0.2) is 8.78 Å². The van der Waals surface area contributed by atoms with Crippen molar-refractivity contribution in [1.29, 1.82) is 0 Å². The van der Waals surface area contributed by atoms with Crippen LogP contribution in [0.1, 0.15) is 61.5 Å². The molecule has 2 aromatic carbocycles. The second-order valence-electron chi connectivity index (χ2n) is 9.48. The zero-order valence-corrected chi connectivity index (χ0v) is 17.4. The number of carbonyl (C=O) groups excluding carboxylic acids is 2. The minimum atomic E-state index is -0.255. The Morgan fingerprint density at radius 3 is 2.03 bits per heavy atom. The molecule has 2 aromatic rings. The fourth-order valence-electron chi connectivity index (χ4n) is 5.38. The molecular weight excluding hydrogens is 396 g/mol. The van der Waals surface area contributed by atoms with Gasteiger partial charge in [0.25, 0.3) is 0 Å². The van der Waals surface area contributed by atoms with E-state index in [2.05, 4.69) is 5.32 Å². The van der Waals surface area contributed by atoms with Crippen molar-refractivity contribution >= 4 is 11.7 Å². The SMILES string of the molecule is O=C(CC1CC1c1ccc(F)cc1)[C@@H]1CCC[C@H]1C(=O)NC1C[C@@H]1c1ccc(F)cc1. The van der Waals surface area contributed by atoms with Crippen molar-refractivity contribution in [2.24, 2.45) is 17.8 Å². The summed E-state index contributed by atoms with van der Waals surface area (Å²) in [4.78, 5) is 25.9. The number of hydrogen-bond acceptors (Lipinski definition) is 2. The van der Waals surface area contributed by atoms with Gasteiger partial charge in [0.15, 0.2) is 0 Å². The van der Waals surface area contributed by atoms with Crippen LogP contribution in [0, 0.1) is 29.4 Å². The highest BCUT2D eigenvalue weighted by atomic mass is 19.1. The van der Waals surface area contributed by atoms with Gasteiger partial charge in [0.05, 0.1) is 0 Å². The average molecular weight is 424 g/mol. The maximum absolute atomic E-state index is 13.1. The molecule has 162 valence electrons. The molecule has 31 heavy (non-hydrogen) atoms. The van der Waals surface area contributed by atoms with Crippen molar-refractivity contribution in [3.8, 4) is 0 Å². The summed E-state index contributed by atoms with van der Waals surface area (Å²) in [5.74, 6) is 0.179. The highest BCUT2D eigenvalue weighted by Crippen LogP contribution is 2.51. The van der Waals surface area contributed by atoms with Crippen LogP contribution in [0.4, 0.5) is 8.78 Å². The Labute approximate surface area is 181 Å². The van der Waals surface area contributed by atoms with Crippen LogP contribution in [0.2, 0.25) is 0 Å². The van der Waals surface area contributed by atoms with Gasteiger partial charge >= 0.3 is 0 Å². The number of amides is 1. The van der Waals surface area contributed by atoms with Gasteiger partial charge in [-0.05, 0) is 72.9 Å². The first kappa shape index (κ1) is 20.3. The summed E-state index contributed by atoms with van der Waals surface area (Å²) in [7, 11) is 0. The van der Waals surface area contributed by atoms with Crippen LogP contribution in [0.3, 0.4) is 0 Å². The second-order valence-corrected chi connectivity index (χ2v) is 9.48. The molecule has 3 aliphatic carbocycles. The zero-order chi connectivity index (χ0) is 21.5. The number of ketones is 1. The summed E-state index contributed by atoms with van der Waals surface area (Å²) in [6.07, 6.45) is 4.80. The van der Waals surface area contributed by atoms with Crippen molar-refractivity contribution in [2.45, 2.75) is 56.4 Å². The molecule has 5 heteroatoms. The van der Waals surface area contributed by atoms with Crippen molar-refractivity contribution < 1.29 is 18.4 Å². The van der Waals surface area contributed by atoms with Gasteiger partial charge in [-0.1, -0.05) is 30.7 Å².